The van der Waals surface area contributed by atoms with Crippen molar-refractivity contribution >= 4 is 0 Å². The van der Waals surface area contributed by atoms with Crippen LogP contribution >= 0.6 is 0 Å². The van der Waals surface area contributed by atoms with Crippen LogP contribution in [0.3, 0.4) is 0 Å². The van der Waals surface area contributed by atoms with E-state index in [1.165, 1.54) is 52.0 Å². The molecular formula is C17H38N2O. The maximum Gasteiger partial charge on any atom is 0.0319 e. The van der Waals surface area contributed by atoms with E-state index in [2.05, 4.69) is 31.0 Å². The Morgan fingerprint density at radius 1 is 1.05 bits per heavy atom. The van der Waals surface area contributed by atoms with Gasteiger partial charge in [-0.3, -0.25) is 0 Å². The second-order valence-corrected chi connectivity index (χ2v) is 6.80. The van der Waals surface area contributed by atoms with Gasteiger partial charge in [-0.15, -0.1) is 0 Å². The molecule has 0 aromatic carbocycles. The number of hydrogen-bond donors (Lipinski definition) is 2. The Bertz CT molecular complexity index is 212. The number of nitrogens with zero attached hydrogens (tertiary/aromatic N) is 1. The van der Waals surface area contributed by atoms with Gasteiger partial charge in [-0.2, -0.15) is 0 Å². The van der Waals surface area contributed by atoms with E-state index >= 15 is 0 Å². The number of rotatable bonds is 2. The predicted molar refractivity (Wildman–Crippen MR) is 89.1 cm³/mol. The van der Waals surface area contributed by atoms with Gasteiger partial charge in [0.1, 0.15) is 0 Å². The predicted octanol–water partition coefficient (Wildman–Crippen LogP) is 2.99. The third-order valence-electron chi connectivity index (χ3n) is 4.49. The lowest BCUT2D eigenvalue weighted by atomic mass is 9.75. The summed E-state index contributed by atoms with van der Waals surface area (Å²) in [5.41, 5.74) is 0.515. The fourth-order valence-electron chi connectivity index (χ4n) is 3.22. The third kappa shape index (κ3) is 7.05. The summed E-state index contributed by atoms with van der Waals surface area (Å²) >= 11 is 0. The van der Waals surface area contributed by atoms with Crippen LogP contribution in [-0.4, -0.2) is 49.8 Å². The number of aliphatic hydroxyl groups is 1. The van der Waals surface area contributed by atoms with Crippen molar-refractivity contribution in [2.45, 2.75) is 53.9 Å². The van der Waals surface area contributed by atoms with Crippen molar-refractivity contribution < 1.29 is 5.11 Å². The van der Waals surface area contributed by atoms with E-state index in [0.717, 1.165) is 18.9 Å². The Labute approximate surface area is 127 Å². The van der Waals surface area contributed by atoms with Crippen molar-refractivity contribution in [1.29, 1.82) is 0 Å². The topological polar surface area (TPSA) is 35.5 Å². The minimum atomic E-state index is 0.515. The van der Waals surface area contributed by atoms with Crippen molar-refractivity contribution in [3.63, 3.8) is 0 Å². The number of likely N-dealkylation sites (tertiary alicyclic amines) is 1. The van der Waals surface area contributed by atoms with Gasteiger partial charge < -0.3 is 15.3 Å². The molecule has 2 aliphatic heterocycles. The van der Waals surface area contributed by atoms with Crippen molar-refractivity contribution in [3.8, 4) is 0 Å². The first-order valence-electron chi connectivity index (χ1n) is 8.43. The summed E-state index contributed by atoms with van der Waals surface area (Å²) in [5, 5.41) is 10.5. The highest BCUT2D eigenvalue weighted by Crippen LogP contribution is 2.34. The molecule has 2 saturated heterocycles. The van der Waals surface area contributed by atoms with Crippen molar-refractivity contribution in [2.75, 3.05) is 39.8 Å². The molecule has 0 radical (unpaired) electrons. The molecule has 2 rings (SSSR count). The van der Waals surface area contributed by atoms with E-state index in [9.17, 15) is 0 Å². The average Bonchev–Trinajstić information content (AvgIpc) is 2.96. The molecule has 0 saturated carbocycles. The van der Waals surface area contributed by atoms with E-state index in [0.29, 0.717) is 5.41 Å². The van der Waals surface area contributed by atoms with Crippen LogP contribution < -0.4 is 5.32 Å². The first-order valence-corrected chi connectivity index (χ1v) is 8.43. The molecule has 0 bridgehead atoms. The molecule has 3 heteroatoms. The fourth-order valence-corrected chi connectivity index (χ4v) is 3.22. The Balaban J connectivity index is 0.000000829. The first kappa shape index (κ1) is 19.9. The average molecular weight is 287 g/mol. The Morgan fingerprint density at radius 3 is 2.00 bits per heavy atom. The zero-order valence-corrected chi connectivity index (χ0v) is 14.7. The number of aliphatic hydroxyl groups excluding tert-OH is 1. The highest BCUT2D eigenvalue weighted by molar-refractivity contribution is 4.82. The summed E-state index contributed by atoms with van der Waals surface area (Å²) in [5.74, 6) is 1.86. The zero-order valence-electron chi connectivity index (χ0n) is 14.7. The molecule has 2 N–H and O–H groups in total. The summed E-state index contributed by atoms with van der Waals surface area (Å²) in [4.78, 5) is 2.69. The molecule has 0 unspecified atom stereocenters. The lowest BCUT2D eigenvalue weighted by Gasteiger charge is -2.39. The third-order valence-corrected chi connectivity index (χ3v) is 4.49. The zero-order chi connectivity index (χ0) is 15.6. The van der Waals surface area contributed by atoms with Gasteiger partial charge in [-0.25, -0.2) is 0 Å². The van der Waals surface area contributed by atoms with Gasteiger partial charge in [0.15, 0.2) is 0 Å². The maximum atomic E-state index is 7.00. The monoisotopic (exact) mass is 286 g/mol. The van der Waals surface area contributed by atoms with Crippen molar-refractivity contribution in [3.05, 3.63) is 0 Å². The second-order valence-electron chi connectivity index (χ2n) is 6.80. The molecule has 0 aliphatic carbocycles. The maximum absolute atomic E-state index is 7.00. The molecule has 2 aliphatic rings. The summed E-state index contributed by atoms with van der Waals surface area (Å²) in [7, 11) is 1.00. The SMILES string of the molecule is CC.CC(C)(C)C1CCN(C[C@@H]2CCNC2)CC1.CO. The number of hydrogen-bond acceptors (Lipinski definition) is 3. The van der Waals surface area contributed by atoms with Gasteiger partial charge in [-0.05, 0) is 62.7 Å². The normalized spacial score (nSPS) is 24.4. The fraction of sp³-hybridized carbons (Fsp3) is 1.00. The van der Waals surface area contributed by atoms with Gasteiger partial charge in [0.2, 0.25) is 0 Å². The molecule has 2 fully saturated rings. The van der Waals surface area contributed by atoms with E-state index in [1.54, 1.807) is 0 Å². The van der Waals surface area contributed by atoms with Gasteiger partial charge in [-0.1, -0.05) is 34.6 Å². The number of piperidine rings is 1. The van der Waals surface area contributed by atoms with Crippen molar-refractivity contribution in [1.82, 2.24) is 10.2 Å². The van der Waals surface area contributed by atoms with Crippen LogP contribution in [0.15, 0.2) is 0 Å². The molecule has 3 nitrogen and oxygen atoms in total. The van der Waals surface area contributed by atoms with Crippen LogP contribution in [0.4, 0.5) is 0 Å². The van der Waals surface area contributed by atoms with Gasteiger partial charge in [0.25, 0.3) is 0 Å². The highest BCUT2D eigenvalue weighted by atomic mass is 16.2. The van der Waals surface area contributed by atoms with Crippen LogP contribution in [0.5, 0.6) is 0 Å². The van der Waals surface area contributed by atoms with Gasteiger partial charge in [0.05, 0.1) is 0 Å². The molecular weight excluding hydrogens is 248 g/mol. The Hall–Kier alpha value is -0.120. The van der Waals surface area contributed by atoms with Crippen LogP contribution in [-0.2, 0) is 0 Å². The van der Waals surface area contributed by atoms with E-state index < -0.39 is 0 Å². The van der Waals surface area contributed by atoms with E-state index in [1.807, 2.05) is 13.8 Å². The van der Waals surface area contributed by atoms with Gasteiger partial charge >= 0.3 is 0 Å². The molecule has 2 heterocycles. The Morgan fingerprint density at radius 2 is 1.60 bits per heavy atom. The van der Waals surface area contributed by atoms with E-state index in [-0.39, 0.29) is 0 Å². The molecule has 0 aromatic rings. The molecule has 20 heavy (non-hydrogen) atoms. The summed E-state index contributed by atoms with van der Waals surface area (Å²) in [6.07, 6.45) is 4.20. The first-order chi connectivity index (χ1) is 9.55. The van der Waals surface area contributed by atoms with Crippen LogP contribution in [0.1, 0.15) is 53.9 Å². The summed E-state index contributed by atoms with van der Waals surface area (Å²) in [6.45, 7) is 17.7. The standard InChI is InChI=1S/C14H28N2.C2H6.CH4O/c1-14(2,3)13-5-8-16(9-6-13)11-12-4-7-15-10-12;2*1-2/h12-13,15H,4-11H2,1-3H3;1-2H3;2H,1H3/t12-;;/m1../s1. The minimum absolute atomic E-state index is 0.515. The summed E-state index contributed by atoms with van der Waals surface area (Å²) < 4.78 is 0. The molecule has 1 atom stereocenters. The van der Waals surface area contributed by atoms with Crippen LogP contribution in [0, 0.1) is 17.3 Å². The van der Waals surface area contributed by atoms with Crippen LogP contribution in [0.2, 0.25) is 0 Å². The minimum Gasteiger partial charge on any atom is -0.400 e. The molecule has 0 amide bonds. The molecule has 0 spiro atoms. The van der Waals surface area contributed by atoms with Gasteiger partial charge in [0, 0.05) is 13.7 Å². The van der Waals surface area contributed by atoms with Crippen LogP contribution in [0.25, 0.3) is 0 Å². The lowest BCUT2D eigenvalue weighted by Crippen LogP contribution is -2.40. The Kier molecular flexibility index (Phi) is 10.5. The molecule has 122 valence electrons. The largest absolute Gasteiger partial charge is 0.400 e. The second kappa shape index (κ2) is 10.6. The summed E-state index contributed by atoms with van der Waals surface area (Å²) in [6, 6.07) is 0. The lowest BCUT2D eigenvalue weighted by molar-refractivity contribution is 0.103. The number of nitrogens with one attached hydrogen (secondary N) is 1. The van der Waals surface area contributed by atoms with E-state index in [4.69, 9.17) is 5.11 Å². The quantitative estimate of drug-likeness (QED) is 0.819. The molecule has 0 aromatic heterocycles. The highest BCUT2D eigenvalue weighted by Gasteiger charge is 2.29. The van der Waals surface area contributed by atoms with Crippen molar-refractivity contribution in [2.24, 2.45) is 17.3 Å². The smallest absolute Gasteiger partial charge is 0.0319 e.